The van der Waals surface area contributed by atoms with Gasteiger partial charge in [-0.2, -0.15) is 0 Å². The number of hydrogen-bond donors (Lipinski definition) is 0. The van der Waals surface area contributed by atoms with Crippen molar-refractivity contribution in [1.82, 2.24) is 24.9 Å². The van der Waals surface area contributed by atoms with Crippen LogP contribution in [0.3, 0.4) is 0 Å². The molecular weight excluding hydrogens is 406 g/mol. The van der Waals surface area contributed by atoms with Crippen molar-refractivity contribution >= 4 is 6.09 Å². The second-order valence-electron chi connectivity index (χ2n) is 9.54. The van der Waals surface area contributed by atoms with E-state index >= 15 is 0 Å². The van der Waals surface area contributed by atoms with Gasteiger partial charge >= 0.3 is 6.09 Å². The van der Waals surface area contributed by atoms with Crippen LogP contribution >= 0.6 is 0 Å². The van der Waals surface area contributed by atoms with E-state index in [1.807, 2.05) is 26.1 Å². The summed E-state index contributed by atoms with van der Waals surface area (Å²) in [7, 11) is 3.63. The molecule has 0 radical (unpaired) electrons. The number of aromatic nitrogens is 4. The summed E-state index contributed by atoms with van der Waals surface area (Å²) in [6.45, 7) is 6.34. The lowest BCUT2D eigenvalue weighted by atomic mass is 9.98. The fourth-order valence-electron chi connectivity index (χ4n) is 4.74. The predicted molar refractivity (Wildman–Crippen MR) is 121 cm³/mol. The van der Waals surface area contributed by atoms with Crippen molar-refractivity contribution in [2.75, 3.05) is 7.05 Å². The Morgan fingerprint density at radius 1 is 1.25 bits per heavy atom. The molecule has 32 heavy (non-hydrogen) atoms. The minimum Gasteiger partial charge on any atom is -0.489 e. The Hall–Kier alpha value is -2.64. The summed E-state index contributed by atoms with van der Waals surface area (Å²) < 4.78 is 13.5. The van der Waals surface area contributed by atoms with E-state index in [9.17, 15) is 4.79 Å². The first-order chi connectivity index (χ1) is 15.3. The Balaban J connectivity index is 1.45. The molecular formula is C24H35N5O3. The molecule has 174 valence electrons. The zero-order chi connectivity index (χ0) is 22.9. The van der Waals surface area contributed by atoms with E-state index in [1.165, 1.54) is 19.3 Å². The van der Waals surface area contributed by atoms with Crippen LogP contribution in [0.2, 0.25) is 0 Å². The standard InChI is InChI=1S/C24H35N5O3/c1-16(2)24(13-14-24)28(4)23(30)31-15-20-22(26-27-29(20)5)19-11-12-21(17(3)25-19)32-18-9-7-6-8-10-18/h11-12,16,18H,6-10,13-15H2,1-5H3. The van der Waals surface area contributed by atoms with Crippen LogP contribution < -0.4 is 4.74 Å². The van der Waals surface area contributed by atoms with Gasteiger partial charge in [0.2, 0.25) is 0 Å². The molecule has 2 fully saturated rings. The van der Waals surface area contributed by atoms with Crippen LogP contribution in [0.4, 0.5) is 4.79 Å². The first-order valence-corrected chi connectivity index (χ1v) is 11.8. The largest absolute Gasteiger partial charge is 0.489 e. The Labute approximate surface area is 190 Å². The highest BCUT2D eigenvalue weighted by Crippen LogP contribution is 2.47. The molecule has 0 spiro atoms. The van der Waals surface area contributed by atoms with E-state index < -0.39 is 0 Å². The molecule has 0 aliphatic heterocycles. The number of aryl methyl sites for hydroxylation is 2. The Kier molecular flexibility index (Phi) is 6.40. The Morgan fingerprint density at radius 3 is 2.59 bits per heavy atom. The first-order valence-electron chi connectivity index (χ1n) is 11.8. The van der Waals surface area contributed by atoms with Gasteiger partial charge in [-0.3, -0.25) is 0 Å². The molecule has 8 heteroatoms. The van der Waals surface area contributed by atoms with E-state index in [0.717, 1.165) is 37.1 Å². The van der Waals surface area contributed by atoms with Crippen LogP contribution in [0.15, 0.2) is 12.1 Å². The second kappa shape index (κ2) is 9.08. The topological polar surface area (TPSA) is 82.4 Å². The zero-order valence-electron chi connectivity index (χ0n) is 19.9. The number of ether oxygens (including phenoxy) is 2. The van der Waals surface area contributed by atoms with Gasteiger partial charge < -0.3 is 14.4 Å². The summed E-state index contributed by atoms with van der Waals surface area (Å²) in [5.74, 6) is 1.22. The van der Waals surface area contributed by atoms with Gasteiger partial charge in [-0.05, 0) is 63.5 Å². The van der Waals surface area contributed by atoms with Crippen molar-refractivity contribution < 1.29 is 14.3 Å². The summed E-state index contributed by atoms with van der Waals surface area (Å²) in [5.41, 5.74) is 2.80. The molecule has 4 rings (SSSR count). The van der Waals surface area contributed by atoms with Gasteiger partial charge in [0.05, 0.1) is 17.5 Å². The summed E-state index contributed by atoms with van der Waals surface area (Å²) >= 11 is 0. The van der Waals surface area contributed by atoms with Crippen molar-refractivity contribution in [3.8, 4) is 17.1 Å². The van der Waals surface area contributed by atoms with E-state index in [2.05, 4.69) is 24.2 Å². The van der Waals surface area contributed by atoms with Gasteiger partial charge in [-0.15, -0.1) is 5.10 Å². The van der Waals surface area contributed by atoms with E-state index in [1.54, 1.807) is 16.6 Å². The molecule has 2 saturated carbocycles. The number of nitrogens with zero attached hydrogens (tertiary/aromatic N) is 5. The molecule has 0 unspecified atom stereocenters. The Morgan fingerprint density at radius 2 is 1.97 bits per heavy atom. The molecule has 1 amide bonds. The first kappa shape index (κ1) is 22.6. The third kappa shape index (κ3) is 4.45. The quantitative estimate of drug-likeness (QED) is 0.622. The number of rotatable bonds is 7. The SMILES string of the molecule is Cc1nc(-c2nnn(C)c2COC(=O)N(C)C2(C(C)C)CC2)ccc1OC1CCCCC1. The number of carbonyl (C=O) groups excluding carboxylic acids is 1. The molecule has 0 bridgehead atoms. The minimum absolute atomic E-state index is 0.0720. The fraction of sp³-hybridized carbons (Fsp3) is 0.667. The van der Waals surface area contributed by atoms with Gasteiger partial charge in [-0.25, -0.2) is 14.5 Å². The minimum atomic E-state index is -0.316. The maximum absolute atomic E-state index is 12.7. The predicted octanol–water partition coefficient (Wildman–Crippen LogP) is 4.65. The smallest absolute Gasteiger partial charge is 0.410 e. The third-order valence-corrected chi connectivity index (χ3v) is 7.18. The van der Waals surface area contributed by atoms with Crippen LogP contribution in [0.1, 0.15) is 70.2 Å². The fourth-order valence-corrected chi connectivity index (χ4v) is 4.74. The van der Waals surface area contributed by atoms with Gasteiger partial charge in [0.1, 0.15) is 23.7 Å². The van der Waals surface area contributed by atoms with E-state index in [0.29, 0.717) is 23.0 Å². The van der Waals surface area contributed by atoms with Crippen molar-refractivity contribution in [2.45, 2.75) is 84.0 Å². The highest BCUT2D eigenvalue weighted by Gasteiger charge is 2.51. The average Bonchev–Trinajstić information content (AvgIpc) is 3.52. The summed E-state index contributed by atoms with van der Waals surface area (Å²) in [6.07, 6.45) is 7.96. The van der Waals surface area contributed by atoms with Gasteiger partial charge in [0.15, 0.2) is 0 Å². The highest BCUT2D eigenvalue weighted by atomic mass is 16.6. The van der Waals surface area contributed by atoms with Crippen molar-refractivity contribution in [3.05, 3.63) is 23.5 Å². The lowest BCUT2D eigenvalue weighted by Gasteiger charge is -2.30. The summed E-state index contributed by atoms with van der Waals surface area (Å²) in [6, 6.07) is 3.87. The second-order valence-corrected chi connectivity index (χ2v) is 9.54. The third-order valence-electron chi connectivity index (χ3n) is 7.18. The van der Waals surface area contributed by atoms with Crippen molar-refractivity contribution in [2.24, 2.45) is 13.0 Å². The Bertz CT molecular complexity index is 961. The summed E-state index contributed by atoms with van der Waals surface area (Å²) in [5, 5.41) is 8.43. The number of hydrogen-bond acceptors (Lipinski definition) is 6. The molecule has 0 N–H and O–H groups in total. The molecule has 2 aliphatic carbocycles. The maximum atomic E-state index is 12.7. The maximum Gasteiger partial charge on any atom is 0.410 e. The lowest BCUT2D eigenvalue weighted by Crippen LogP contribution is -2.42. The number of carbonyl (C=O) groups is 1. The molecule has 2 aromatic heterocycles. The van der Waals surface area contributed by atoms with Crippen molar-refractivity contribution in [3.63, 3.8) is 0 Å². The van der Waals surface area contributed by atoms with Crippen LogP contribution in [0.5, 0.6) is 5.75 Å². The van der Waals surface area contributed by atoms with Crippen LogP contribution in [-0.4, -0.2) is 49.7 Å². The van der Waals surface area contributed by atoms with Crippen LogP contribution in [0, 0.1) is 12.8 Å². The molecule has 2 heterocycles. The molecule has 2 aliphatic rings. The van der Waals surface area contributed by atoms with E-state index in [4.69, 9.17) is 14.5 Å². The number of amides is 1. The normalized spacial score (nSPS) is 17.9. The van der Waals surface area contributed by atoms with Gasteiger partial charge in [0, 0.05) is 19.6 Å². The molecule has 8 nitrogen and oxygen atoms in total. The van der Waals surface area contributed by atoms with Crippen LogP contribution in [0.25, 0.3) is 11.4 Å². The average molecular weight is 442 g/mol. The highest BCUT2D eigenvalue weighted by molar-refractivity contribution is 5.69. The molecule has 0 atom stereocenters. The monoisotopic (exact) mass is 441 g/mol. The van der Waals surface area contributed by atoms with Crippen LogP contribution in [-0.2, 0) is 18.4 Å². The molecule has 2 aromatic rings. The number of pyridine rings is 1. The van der Waals surface area contributed by atoms with Crippen molar-refractivity contribution in [1.29, 1.82) is 0 Å². The zero-order valence-corrected chi connectivity index (χ0v) is 19.9. The lowest BCUT2D eigenvalue weighted by molar-refractivity contribution is 0.0741. The molecule has 0 aromatic carbocycles. The molecule has 0 saturated heterocycles. The summed E-state index contributed by atoms with van der Waals surface area (Å²) in [4.78, 5) is 19.2. The van der Waals surface area contributed by atoms with Gasteiger partial charge in [0.25, 0.3) is 0 Å². The van der Waals surface area contributed by atoms with E-state index in [-0.39, 0.29) is 24.3 Å². The van der Waals surface area contributed by atoms with Gasteiger partial charge in [-0.1, -0.05) is 25.5 Å².